The van der Waals surface area contributed by atoms with E-state index in [1.807, 2.05) is 0 Å². The molecule has 0 aliphatic carbocycles. The Labute approximate surface area is 133 Å². The van der Waals surface area contributed by atoms with Crippen molar-refractivity contribution in [2.75, 3.05) is 38.3 Å². The molecule has 6 heteroatoms. The lowest BCUT2D eigenvalue weighted by atomic mass is 10.3. The van der Waals surface area contributed by atoms with Gasteiger partial charge in [0.15, 0.2) is 0 Å². The lowest BCUT2D eigenvalue weighted by Crippen LogP contribution is -2.25. The maximum Gasteiger partial charge on any atom is 0.137 e. The second-order valence-corrected chi connectivity index (χ2v) is 5.56. The van der Waals surface area contributed by atoms with Gasteiger partial charge in [-0.15, -0.1) is 0 Å². The molecule has 0 aromatic heterocycles. The summed E-state index contributed by atoms with van der Waals surface area (Å²) in [5.74, 6) is -0.312. The molecule has 1 rings (SSSR count). The third-order valence-electron chi connectivity index (χ3n) is 2.79. The Morgan fingerprint density at radius 2 is 2.05 bits per heavy atom. The zero-order valence-electron chi connectivity index (χ0n) is 12.3. The van der Waals surface area contributed by atoms with Crippen molar-refractivity contribution in [2.45, 2.75) is 25.9 Å². The average Bonchev–Trinajstić information content (AvgIpc) is 2.47. The predicted molar refractivity (Wildman–Crippen MR) is 85.1 cm³/mol. The van der Waals surface area contributed by atoms with E-state index in [0.717, 1.165) is 25.1 Å². The molecular weight excluding hydrogens is 341 g/mol. The third kappa shape index (κ3) is 8.36. The summed E-state index contributed by atoms with van der Waals surface area (Å²) in [6, 6.07) is 4.61. The van der Waals surface area contributed by atoms with Gasteiger partial charge in [-0.2, -0.15) is 0 Å². The molecule has 0 saturated carbocycles. The number of benzene rings is 1. The van der Waals surface area contributed by atoms with Gasteiger partial charge in [0, 0.05) is 18.8 Å². The standard InChI is InChI=1S/C15H23BrFNO3/c1-2-3-6-20-7-8-21-11-13(19)10-18-12-4-5-15(17)14(16)9-12/h4-5,9,13,18-19H,2-3,6-8,10-11H2,1H3. The molecule has 0 amide bonds. The normalized spacial score (nSPS) is 12.4. The Bertz CT molecular complexity index is 407. The minimum atomic E-state index is -0.621. The first-order chi connectivity index (χ1) is 10.1. The highest BCUT2D eigenvalue weighted by Crippen LogP contribution is 2.19. The fourth-order valence-corrected chi connectivity index (χ4v) is 1.97. The van der Waals surface area contributed by atoms with Crippen molar-refractivity contribution in [3.8, 4) is 0 Å². The van der Waals surface area contributed by atoms with Gasteiger partial charge >= 0.3 is 0 Å². The molecule has 1 atom stereocenters. The molecule has 1 aromatic carbocycles. The Morgan fingerprint density at radius 1 is 1.29 bits per heavy atom. The van der Waals surface area contributed by atoms with Crippen LogP contribution in [-0.2, 0) is 9.47 Å². The molecule has 4 nitrogen and oxygen atoms in total. The van der Waals surface area contributed by atoms with E-state index in [9.17, 15) is 9.50 Å². The van der Waals surface area contributed by atoms with E-state index in [2.05, 4.69) is 28.2 Å². The van der Waals surface area contributed by atoms with Gasteiger partial charge in [-0.25, -0.2) is 4.39 Å². The monoisotopic (exact) mass is 363 g/mol. The van der Waals surface area contributed by atoms with Crippen molar-refractivity contribution < 1.29 is 19.0 Å². The van der Waals surface area contributed by atoms with E-state index in [-0.39, 0.29) is 12.4 Å². The summed E-state index contributed by atoms with van der Waals surface area (Å²) < 4.78 is 24.1. The zero-order valence-corrected chi connectivity index (χ0v) is 13.9. The van der Waals surface area contributed by atoms with E-state index in [1.54, 1.807) is 12.1 Å². The van der Waals surface area contributed by atoms with Crippen LogP contribution in [0.2, 0.25) is 0 Å². The first kappa shape index (κ1) is 18.4. The van der Waals surface area contributed by atoms with Crippen LogP contribution in [0.1, 0.15) is 19.8 Å². The van der Waals surface area contributed by atoms with Gasteiger partial charge in [0.1, 0.15) is 5.82 Å². The molecule has 0 fully saturated rings. The number of unbranched alkanes of at least 4 members (excludes halogenated alkanes) is 1. The van der Waals surface area contributed by atoms with E-state index < -0.39 is 6.10 Å². The van der Waals surface area contributed by atoms with E-state index in [0.29, 0.717) is 24.2 Å². The predicted octanol–water partition coefficient (Wildman–Crippen LogP) is 3.19. The lowest BCUT2D eigenvalue weighted by Gasteiger charge is -2.13. The van der Waals surface area contributed by atoms with Crippen LogP contribution in [0.4, 0.5) is 10.1 Å². The molecule has 2 N–H and O–H groups in total. The number of halogens is 2. The molecular formula is C15H23BrFNO3. The summed E-state index contributed by atoms with van der Waals surface area (Å²) in [7, 11) is 0. The van der Waals surface area contributed by atoms with Crippen molar-refractivity contribution in [1.29, 1.82) is 0 Å². The molecule has 0 heterocycles. The summed E-state index contributed by atoms with van der Waals surface area (Å²) in [5.41, 5.74) is 0.741. The molecule has 0 aliphatic rings. The number of hydrogen-bond acceptors (Lipinski definition) is 4. The number of ether oxygens (including phenoxy) is 2. The summed E-state index contributed by atoms with van der Waals surface area (Å²) in [6.45, 7) is 4.47. The number of rotatable bonds is 11. The van der Waals surface area contributed by atoms with Crippen LogP contribution in [-0.4, -0.2) is 44.2 Å². The van der Waals surface area contributed by atoms with Crippen LogP contribution in [0.25, 0.3) is 0 Å². The fraction of sp³-hybridized carbons (Fsp3) is 0.600. The van der Waals surface area contributed by atoms with E-state index in [1.165, 1.54) is 6.07 Å². The molecule has 0 spiro atoms. The third-order valence-corrected chi connectivity index (χ3v) is 3.39. The Morgan fingerprint density at radius 3 is 2.76 bits per heavy atom. The minimum Gasteiger partial charge on any atom is -0.389 e. The van der Waals surface area contributed by atoms with Gasteiger partial charge < -0.3 is 19.9 Å². The highest BCUT2D eigenvalue weighted by Gasteiger charge is 2.05. The van der Waals surface area contributed by atoms with Crippen LogP contribution in [0.3, 0.4) is 0 Å². The fourth-order valence-electron chi connectivity index (χ4n) is 1.59. The quantitative estimate of drug-likeness (QED) is 0.592. The second kappa shape index (κ2) is 11.0. The van der Waals surface area contributed by atoms with Crippen molar-refractivity contribution in [3.05, 3.63) is 28.5 Å². The Kier molecular flexibility index (Phi) is 9.58. The van der Waals surface area contributed by atoms with Crippen LogP contribution in [0, 0.1) is 5.82 Å². The van der Waals surface area contributed by atoms with E-state index in [4.69, 9.17) is 9.47 Å². The number of aliphatic hydroxyl groups excluding tert-OH is 1. The number of aliphatic hydroxyl groups is 1. The first-order valence-corrected chi connectivity index (χ1v) is 7.95. The molecule has 0 aliphatic heterocycles. The van der Waals surface area contributed by atoms with Gasteiger partial charge in [0.05, 0.1) is 30.4 Å². The van der Waals surface area contributed by atoms with Crippen LogP contribution in [0.15, 0.2) is 22.7 Å². The van der Waals surface area contributed by atoms with Crippen LogP contribution in [0.5, 0.6) is 0 Å². The maximum absolute atomic E-state index is 13.1. The summed E-state index contributed by atoms with van der Waals surface area (Å²) >= 11 is 3.11. The topological polar surface area (TPSA) is 50.7 Å². The van der Waals surface area contributed by atoms with Crippen molar-refractivity contribution >= 4 is 21.6 Å². The maximum atomic E-state index is 13.1. The zero-order chi connectivity index (χ0) is 15.5. The lowest BCUT2D eigenvalue weighted by molar-refractivity contribution is 0.00749. The van der Waals surface area contributed by atoms with Gasteiger partial charge in [-0.3, -0.25) is 0 Å². The number of hydrogen-bond donors (Lipinski definition) is 2. The minimum absolute atomic E-state index is 0.243. The van der Waals surface area contributed by atoms with Crippen molar-refractivity contribution in [1.82, 2.24) is 0 Å². The molecule has 1 aromatic rings. The summed E-state index contributed by atoms with van der Waals surface area (Å²) in [4.78, 5) is 0. The van der Waals surface area contributed by atoms with Crippen molar-refractivity contribution in [2.24, 2.45) is 0 Å². The van der Waals surface area contributed by atoms with Gasteiger partial charge in [0.25, 0.3) is 0 Å². The van der Waals surface area contributed by atoms with Crippen LogP contribution >= 0.6 is 15.9 Å². The van der Waals surface area contributed by atoms with Gasteiger partial charge in [-0.1, -0.05) is 13.3 Å². The molecule has 0 saturated heterocycles. The SMILES string of the molecule is CCCCOCCOCC(O)CNc1ccc(F)c(Br)c1. The van der Waals surface area contributed by atoms with Crippen molar-refractivity contribution in [3.63, 3.8) is 0 Å². The van der Waals surface area contributed by atoms with Gasteiger partial charge in [0.2, 0.25) is 0 Å². The van der Waals surface area contributed by atoms with Gasteiger partial charge in [-0.05, 0) is 40.5 Å². The highest BCUT2D eigenvalue weighted by atomic mass is 79.9. The smallest absolute Gasteiger partial charge is 0.137 e. The van der Waals surface area contributed by atoms with Crippen LogP contribution < -0.4 is 5.32 Å². The summed E-state index contributed by atoms with van der Waals surface area (Å²) in [6.07, 6.45) is 1.55. The molecule has 21 heavy (non-hydrogen) atoms. The number of anilines is 1. The number of nitrogens with one attached hydrogen (secondary N) is 1. The summed E-state index contributed by atoms with van der Waals surface area (Å²) in [5, 5.41) is 12.8. The molecule has 0 radical (unpaired) electrons. The second-order valence-electron chi connectivity index (χ2n) is 4.70. The largest absolute Gasteiger partial charge is 0.389 e. The Hall–Kier alpha value is -0.690. The Balaban J connectivity index is 2.08. The first-order valence-electron chi connectivity index (χ1n) is 7.16. The average molecular weight is 364 g/mol. The molecule has 1 unspecified atom stereocenters. The highest BCUT2D eigenvalue weighted by molar-refractivity contribution is 9.10. The molecule has 0 bridgehead atoms. The molecule has 120 valence electrons. The van der Waals surface area contributed by atoms with E-state index >= 15 is 0 Å².